The number of halogens is 1. The number of nitrogens with two attached hydrogens (primary N) is 1. The standard InChI is InChI=1S/C19H27N3O2S.ClH/c1-4-24-17-8-6-5-7-14(17)15(11-13(2)3)22-19(23)16-12-25-18(21-16)9-10-20;/h5-8,12-13,15H,4,9-11,20H2,1-3H3,(H,22,23);1H. The summed E-state index contributed by atoms with van der Waals surface area (Å²) < 4.78 is 5.74. The highest BCUT2D eigenvalue weighted by molar-refractivity contribution is 7.09. The highest BCUT2D eigenvalue weighted by atomic mass is 35.5. The zero-order valence-corrected chi connectivity index (χ0v) is 17.2. The lowest BCUT2D eigenvalue weighted by Gasteiger charge is -2.23. The van der Waals surface area contributed by atoms with Gasteiger partial charge in [-0.05, 0) is 31.9 Å². The van der Waals surface area contributed by atoms with Crippen molar-refractivity contribution >= 4 is 29.7 Å². The number of para-hydroxylation sites is 1. The summed E-state index contributed by atoms with van der Waals surface area (Å²) in [6, 6.07) is 7.76. The van der Waals surface area contributed by atoms with Crippen LogP contribution < -0.4 is 15.8 Å². The van der Waals surface area contributed by atoms with Gasteiger partial charge in [0.25, 0.3) is 5.91 Å². The maximum absolute atomic E-state index is 12.7. The normalized spacial score (nSPS) is 11.7. The molecule has 0 aliphatic heterocycles. The summed E-state index contributed by atoms with van der Waals surface area (Å²) in [5.74, 6) is 1.10. The van der Waals surface area contributed by atoms with E-state index in [1.165, 1.54) is 11.3 Å². The van der Waals surface area contributed by atoms with Gasteiger partial charge in [0.15, 0.2) is 0 Å². The van der Waals surface area contributed by atoms with Gasteiger partial charge in [-0.1, -0.05) is 32.0 Å². The number of aromatic nitrogens is 1. The fourth-order valence-electron chi connectivity index (χ4n) is 2.68. The number of hydrogen-bond donors (Lipinski definition) is 2. The molecule has 0 saturated heterocycles. The summed E-state index contributed by atoms with van der Waals surface area (Å²) in [4.78, 5) is 17.0. The van der Waals surface area contributed by atoms with Crippen LogP contribution in [0, 0.1) is 5.92 Å². The molecule has 1 unspecified atom stereocenters. The molecule has 1 atom stereocenters. The van der Waals surface area contributed by atoms with Gasteiger partial charge in [-0.25, -0.2) is 4.98 Å². The van der Waals surface area contributed by atoms with Gasteiger partial charge < -0.3 is 15.8 Å². The topological polar surface area (TPSA) is 77.2 Å². The molecule has 0 saturated carbocycles. The lowest BCUT2D eigenvalue weighted by molar-refractivity contribution is 0.0927. The molecule has 0 radical (unpaired) electrons. The second-order valence-electron chi connectivity index (χ2n) is 6.29. The lowest BCUT2D eigenvalue weighted by atomic mass is 9.96. The number of carbonyl (C=O) groups excluding carboxylic acids is 1. The monoisotopic (exact) mass is 397 g/mol. The molecule has 1 aromatic heterocycles. The number of rotatable bonds is 9. The van der Waals surface area contributed by atoms with Crippen LogP contribution in [0.4, 0.5) is 0 Å². The van der Waals surface area contributed by atoms with E-state index in [1.807, 2.05) is 31.2 Å². The van der Waals surface area contributed by atoms with E-state index in [0.717, 1.165) is 22.7 Å². The summed E-state index contributed by atoms with van der Waals surface area (Å²) >= 11 is 1.47. The van der Waals surface area contributed by atoms with Crippen molar-refractivity contribution in [3.63, 3.8) is 0 Å². The lowest BCUT2D eigenvalue weighted by Crippen LogP contribution is -2.30. The van der Waals surface area contributed by atoms with E-state index in [9.17, 15) is 4.79 Å². The highest BCUT2D eigenvalue weighted by Gasteiger charge is 2.21. The molecule has 1 heterocycles. The van der Waals surface area contributed by atoms with Crippen LogP contribution in [-0.2, 0) is 6.42 Å². The van der Waals surface area contributed by atoms with Crippen molar-refractivity contribution in [3.8, 4) is 5.75 Å². The summed E-state index contributed by atoms with van der Waals surface area (Å²) in [6.45, 7) is 7.37. The Hall–Kier alpha value is -1.63. The molecule has 0 fully saturated rings. The van der Waals surface area contributed by atoms with E-state index in [1.54, 1.807) is 5.38 Å². The largest absolute Gasteiger partial charge is 0.494 e. The molecule has 5 nitrogen and oxygen atoms in total. The Bertz CT molecular complexity index is 691. The number of nitrogens with zero attached hydrogens (tertiary/aromatic N) is 1. The molecule has 144 valence electrons. The third kappa shape index (κ3) is 6.27. The fraction of sp³-hybridized carbons (Fsp3) is 0.474. The molecule has 1 aromatic carbocycles. The van der Waals surface area contributed by atoms with Crippen LogP contribution in [0.5, 0.6) is 5.75 Å². The van der Waals surface area contributed by atoms with Gasteiger partial charge in [-0.2, -0.15) is 0 Å². The van der Waals surface area contributed by atoms with Gasteiger partial charge in [0.1, 0.15) is 11.4 Å². The number of nitrogens with one attached hydrogen (secondary N) is 1. The summed E-state index contributed by atoms with van der Waals surface area (Å²) in [7, 11) is 0. The predicted molar refractivity (Wildman–Crippen MR) is 109 cm³/mol. The van der Waals surface area contributed by atoms with Crippen molar-refractivity contribution in [2.45, 2.75) is 39.7 Å². The molecule has 2 rings (SSSR count). The molecule has 0 aliphatic carbocycles. The van der Waals surface area contributed by atoms with Crippen LogP contribution in [-0.4, -0.2) is 24.0 Å². The van der Waals surface area contributed by atoms with E-state index in [0.29, 0.717) is 31.2 Å². The quantitative estimate of drug-likeness (QED) is 0.670. The van der Waals surface area contributed by atoms with E-state index in [2.05, 4.69) is 24.1 Å². The zero-order chi connectivity index (χ0) is 18.2. The second kappa shape index (κ2) is 11.2. The molecule has 26 heavy (non-hydrogen) atoms. The number of thiazole rings is 1. The van der Waals surface area contributed by atoms with Crippen LogP contribution >= 0.6 is 23.7 Å². The van der Waals surface area contributed by atoms with Crippen molar-refractivity contribution < 1.29 is 9.53 Å². The average molecular weight is 398 g/mol. The Morgan fingerprint density at radius 3 is 2.73 bits per heavy atom. The number of amides is 1. The maximum Gasteiger partial charge on any atom is 0.271 e. The zero-order valence-electron chi connectivity index (χ0n) is 15.5. The van der Waals surface area contributed by atoms with Gasteiger partial charge in [0, 0.05) is 17.4 Å². The number of ether oxygens (including phenoxy) is 1. The maximum atomic E-state index is 12.7. The Balaban J connectivity index is 0.00000338. The van der Waals surface area contributed by atoms with Gasteiger partial charge in [-0.3, -0.25) is 4.79 Å². The Kier molecular flexibility index (Phi) is 9.62. The first kappa shape index (κ1) is 22.4. The summed E-state index contributed by atoms with van der Waals surface area (Å²) in [5, 5.41) is 5.81. The average Bonchev–Trinajstić information content (AvgIpc) is 3.04. The van der Waals surface area contributed by atoms with Crippen molar-refractivity contribution in [2.24, 2.45) is 11.7 Å². The van der Waals surface area contributed by atoms with Crippen LogP contribution in [0.25, 0.3) is 0 Å². The number of hydrogen-bond acceptors (Lipinski definition) is 5. The Morgan fingerprint density at radius 1 is 1.35 bits per heavy atom. The molecule has 0 spiro atoms. The van der Waals surface area contributed by atoms with Gasteiger partial charge in [-0.15, -0.1) is 23.7 Å². The number of carbonyl (C=O) groups is 1. The molecule has 0 aliphatic rings. The third-order valence-corrected chi connectivity index (χ3v) is 4.66. The minimum absolute atomic E-state index is 0. The minimum atomic E-state index is -0.156. The van der Waals surface area contributed by atoms with Gasteiger partial charge in [0.2, 0.25) is 0 Å². The third-order valence-electron chi connectivity index (χ3n) is 3.75. The van der Waals surface area contributed by atoms with Crippen molar-refractivity contribution in [1.82, 2.24) is 10.3 Å². The predicted octanol–water partition coefficient (Wildman–Crippen LogP) is 3.98. The highest BCUT2D eigenvalue weighted by Crippen LogP contribution is 2.30. The van der Waals surface area contributed by atoms with Crippen LogP contribution in [0.1, 0.15) is 54.3 Å². The number of benzene rings is 1. The van der Waals surface area contributed by atoms with Crippen molar-refractivity contribution in [2.75, 3.05) is 13.2 Å². The fourth-order valence-corrected chi connectivity index (χ4v) is 3.47. The van der Waals surface area contributed by atoms with E-state index >= 15 is 0 Å². The Morgan fingerprint density at radius 2 is 2.08 bits per heavy atom. The van der Waals surface area contributed by atoms with Crippen LogP contribution in [0.15, 0.2) is 29.6 Å². The Labute approximate surface area is 165 Å². The van der Waals surface area contributed by atoms with Crippen LogP contribution in [0.2, 0.25) is 0 Å². The van der Waals surface area contributed by atoms with Gasteiger partial charge in [0.05, 0.1) is 17.7 Å². The first-order valence-electron chi connectivity index (χ1n) is 8.72. The molecule has 7 heteroatoms. The van der Waals surface area contributed by atoms with E-state index in [-0.39, 0.29) is 24.4 Å². The molecular formula is C19H28ClN3O2S. The molecular weight excluding hydrogens is 370 g/mol. The SMILES string of the molecule is CCOc1ccccc1C(CC(C)C)NC(=O)c1csc(CCN)n1.Cl. The second-order valence-corrected chi connectivity index (χ2v) is 7.23. The summed E-state index contributed by atoms with van der Waals surface area (Å²) in [5.41, 5.74) is 7.01. The van der Waals surface area contributed by atoms with E-state index in [4.69, 9.17) is 10.5 Å². The molecule has 0 bridgehead atoms. The molecule has 3 N–H and O–H groups in total. The van der Waals surface area contributed by atoms with Crippen molar-refractivity contribution in [1.29, 1.82) is 0 Å². The van der Waals surface area contributed by atoms with Gasteiger partial charge >= 0.3 is 0 Å². The molecule has 1 amide bonds. The van der Waals surface area contributed by atoms with Crippen molar-refractivity contribution in [3.05, 3.63) is 45.9 Å². The van der Waals surface area contributed by atoms with E-state index < -0.39 is 0 Å². The minimum Gasteiger partial charge on any atom is -0.494 e. The smallest absolute Gasteiger partial charge is 0.271 e. The first-order chi connectivity index (χ1) is 12.0. The first-order valence-corrected chi connectivity index (χ1v) is 9.60. The summed E-state index contributed by atoms with van der Waals surface area (Å²) in [6.07, 6.45) is 1.52. The molecule has 2 aromatic rings. The van der Waals surface area contributed by atoms with Crippen LogP contribution in [0.3, 0.4) is 0 Å².